The highest BCUT2D eigenvalue weighted by Gasteiger charge is 2.22. The van der Waals surface area contributed by atoms with E-state index in [1.165, 1.54) is 0 Å². The third-order valence-electron chi connectivity index (χ3n) is 4.92. The van der Waals surface area contributed by atoms with E-state index >= 15 is 0 Å². The summed E-state index contributed by atoms with van der Waals surface area (Å²) in [6, 6.07) is 17.6. The van der Waals surface area contributed by atoms with Gasteiger partial charge in [-0.05, 0) is 37.4 Å². The summed E-state index contributed by atoms with van der Waals surface area (Å²) in [5.74, 6) is -0.759. The van der Waals surface area contributed by atoms with Crippen molar-refractivity contribution in [3.05, 3.63) is 54.6 Å². The van der Waals surface area contributed by atoms with E-state index < -0.39 is 12.1 Å². The van der Waals surface area contributed by atoms with Crippen molar-refractivity contribution in [3.63, 3.8) is 0 Å². The molecule has 0 aliphatic carbocycles. The zero-order valence-electron chi connectivity index (χ0n) is 15.8. The number of nitrogens with one attached hydrogen (secondary N) is 1. The molecule has 0 saturated carbocycles. The topological polar surface area (TPSA) is 78.9 Å². The summed E-state index contributed by atoms with van der Waals surface area (Å²) < 4.78 is 5.61. The lowest BCUT2D eigenvalue weighted by Gasteiger charge is -2.31. The first-order chi connectivity index (χ1) is 13.6. The van der Waals surface area contributed by atoms with Crippen LogP contribution in [-0.2, 0) is 9.53 Å². The van der Waals surface area contributed by atoms with E-state index in [2.05, 4.69) is 10.2 Å². The minimum Gasteiger partial charge on any atom is -0.481 e. The summed E-state index contributed by atoms with van der Waals surface area (Å²) in [4.78, 5) is 25.2. The van der Waals surface area contributed by atoms with E-state index in [1.807, 2.05) is 54.6 Å². The predicted octanol–water partition coefficient (Wildman–Crippen LogP) is 4.23. The van der Waals surface area contributed by atoms with Crippen molar-refractivity contribution in [2.75, 3.05) is 25.0 Å². The second-order valence-electron chi connectivity index (χ2n) is 6.98. The number of hydrogen-bond acceptors (Lipinski definition) is 4. The van der Waals surface area contributed by atoms with Gasteiger partial charge >= 0.3 is 12.1 Å². The van der Waals surface area contributed by atoms with Gasteiger partial charge in [0.05, 0.1) is 5.69 Å². The molecule has 0 atom stereocenters. The van der Waals surface area contributed by atoms with Crippen LogP contribution in [0.5, 0.6) is 0 Å². The van der Waals surface area contributed by atoms with Gasteiger partial charge in [-0.2, -0.15) is 0 Å². The second-order valence-corrected chi connectivity index (χ2v) is 6.98. The number of carbonyl (C=O) groups excluding carboxylic acids is 1. The van der Waals surface area contributed by atoms with Gasteiger partial charge in [0.2, 0.25) is 0 Å². The van der Waals surface area contributed by atoms with Crippen LogP contribution in [0.1, 0.15) is 25.7 Å². The van der Waals surface area contributed by atoms with Gasteiger partial charge < -0.3 is 14.7 Å². The molecule has 6 nitrogen and oxygen atoms in total. The number of carboxylic acids is 1. The monoisotopic (exact) mass is 382 g/mol. The van der Waals surface area contributed by atoms with Crippen molar-refractivity contribution >= 4 is 17.7 Å². The molecule has 2 N–H and O–H groups in total. The molecule has 6 heteroatoms. The molecule has 2 aromatic rings. The van der Waals surface area contributed by atoms with Gasteiger partial charge in [-0.3, -0.25) is 10.1 Å². The maximum atomic E-state index is 12.4. The fraction of sp³-hybridized carbons (Fsp3) is 0.364. The van der Waals surface area contributed by atoms with Crippen LogP contribution in [0.4, 0.5) is 10.5 Å². The van der Waals surface area contributed by atoms with Crippen LogP contribution in [0.15, 0.2) is 54.6 Å². The van der Waals surface area contributed by atoms with E-state index in [-0.39, 0.29) is 12.5 Å². The number of likely N-dealkylation sites (tertiary alicyclic amines) is 1. The zero-order chi connectivity index (χ0) is 19.8. The van der Waals surface area contributed by atoms with Crippen LogP contribution in [0.2, 0.25) is 0 Å². The van der Waals surface area contributed by atoms with Crippen LogP contribution in [0.3, 0.4) is 0 Å². The van der Waals surface area contributed by atoms with Crippen molar-refractivity contribution in [1.29, 1.82) is 0 Å². The number of ether oxygens (including phenoxy) is 1. The number of carboxylic acid groups (broad SMARTS) is 1. The number of benzene rings is 2. The molecule has 0 aromatic heterocycles. The Morgan fingerprint density at radius 2 is 1.71 bits per heavy atom. The van der Waals surface area contributed by atoms with E-state index in [9.17, 15) is 9.59 Å². The molecular weight excluding hydrogens is 356 g/mol. The molecule has 1 amide bonds. The number of nitrogens with zero attached hydrogens (tertiary/aromatic N) is 1. The number of hydrogen-bond donors (Lipinski definition) is 2. The first-order valence-corrected chi connectivity index (χ1v) is 9.68. The third-order valence-corrected chi connectivity index (χ3v) is 4.92. The lowest BCUT2D eigenvalue weighted by atomic mass is 10.0. The molecule has 2 aromatic carbocycles. The molecule has 1 heterocycles. The van der Waals surface area contributed by atoms with Crippen LogP contribution in [0, 0.1) is 0 Å². The van der Waals surface area contributed by atoms with Crippen molar-refractivity contribution in [2.24, 2.45) is 0 Å². The number of aliphatic carboxylic acids is 1. The number of carbonyl (C=O) groups is 2. The van der Waals surface area contributed by atoms with Gasteiger partial charge in [0.15, 0.2) is 0 Å². The average molecular weight is 382 g/mol. The summed E-state index contributed by atoms with van der Waals surface area (Å²) in [6.45, 7) is 2.41. The van der Waals surface area contributed by atoms with E-state index in [0.29, 0.717) is 6.42 Å². The highest BCUT2D eigenvalue weighted by Crippen LogP contribution is 2.28. The Hall–Kier alpha value is -2.86. The quantitative estimate of drug-likeness (QED) is 0.749. The summed E-state index contributed by atoms with van der Waals surface area (Å²) in [5, 5.41) is 11.6. The van der Waals surface area contributed by atoms with Gasteiger partial charge in [-0.1, -0.05) is 48.5 Å². The smallest absolute Gasteiger partial charge is 0.411 e. The fourth-order valence-corrected chi connectivity index (χ4v) is 3.46. The Morgan fingerprint density at radius 3 is 2.43 bits per heavy atom. The van der Waals surface area contributed by atoms with E-state index in [4.69, 9.17) is 9.84 Å². The molecule has 0 spiro atoms. The Balaban J connectivity index is 1.49. The number of piperidine rings is 1. The number of para-hydroxylation sites is 1. The van der Waals surface area contributed by atoms with Crippen molar-refractivity contribution < 1.29 is 19.4 Å². The molecule has 28 heavy (non-hydrogen) atoms. The van der Waals surface area contributed by atoms with Gasteiger partial charge in [0, 0.05) is 25.1 Å². The SMILES string of the molecule is O=C(O)CCCN1CCC(OC(=O)Nc2ccccc2-c2ccccc2)CC1. The molecule has 0 bridgehead atoms. The van der Waals surface area contributed by atoms with Crippen LogP contribution in [-0.4, -0.2) is 47.8 Å². The maximum Gasteiger partial charge on any atom is 0.411 e. The number of rotatable bonds is 7. The summed E-state index contributed by atoms with van der Waals surface area (Å²) >= 11 is 0. The summed E-state index contributed by atoms with van der Waals surface area (Å²) in [7, 11) is 0. The molecule has 1 fully saturated rings. The van der Waals surface area contributed by atoms with Crippen LogP contribution < -0.4 is 5.32 Å². The van der Waals surface area contributed by atoms with Crippen LogP contribution >= 0.6 is 0 Å². The molecule has 0 unspecified atom stereocenters. The molecule has 1 aliphatic heterocycles. The fourth-order valence-electron chi connectivity index (χ4n) is 3.46. The minimum absolute atomic E-state index is 0.111. The molecule has 1 aliphatic rings. The van der Waals surface area contributed by atoms with Crippen molar-refractivity contribution in [3.8, 4) is 11.1 Å². The van der Waals surface area contributed by atoms with E-state index in [1.54, 1.807) is 0 Å². The number of anilines is 1. The molecule has 1 saturated heterocycles. The molecular formula is C22H26N2O4. The molecule has 148 valence electrons. The van der Waals surface area contributed by atoms with Gasteiger partial charge in [0.25, 0.3) is 0 Å². The average Bonchev–Trinajstić information content (AvgIpc) is 2.70. The Kier molecular flexibility index (Phi) is 7.03. The van der Waals surface area contributed by atoms with Crippen LogP contribution in [0.25, 0.3) is 11.1 Å². The Morgan fingerprint density at radius 1 is 1.04 bits per heavy atom. The van der Waals surface area contributed by atoms with Crippen molar-refractivity contribution in [1.82, 2.24) is 4.90 Å². The van der Waals surface area contributed by atoms with Crippen molar-refractivity contribution in [2.45, 2.75) is 31.8 Å². The predicted molar refractivity (Wildman–Crippen MR) is 108 cm³/mol. The second kappa shape index (κ2) is 9.90. The zero-order valence-corrected chi connectivity index (χ0v) is 15.8. The maximum absolute atomic E-state index is 12.4. The largest absolute Gasteiger partial charge is 0.481 e. The minimum atomic E-state index is -0.759. The number of amides is 1. The highest BCUT2D eigenvalue weighted by atomic mass is 16.6. The first-order valence-electron chi connectivity index (χ1n) is 9.68. The van der Waals surface area contributed by atoms with Gasteiger partial charge in [-0.15, -0.1) is 0 Å². The lowest BCUT2D eigenvalue weighted by Crippen LogP contribution is -2.39. The normalized spacial score (nSPS) is 15.1. The van der Waals surface area contributed by atoms with Gasteiger partial charge in [0.1, 0.15) is 6.10 Å². The summed E-state index contributed by atoms with van der Waals surface area (Å²) in [6.07, 6.45) is 1.83. The standard InChI is InChI=1S/C22H26N2O4/c25-21(26)11-6-14-24-15-12-18(13-16-24)28-22(27)23-20-10-5-4-9-19(20)17-7-2-1-3-8-17/h1-5,7-10,18H,6,11-16H2,(H,23,27)(H,25,26). The molecule has 0 radical (unpaired) electrons. The Bertz CT molecular complexity index is 786. The molecule has 3 rings (SSSR count). The van der Waals surface area contributed by atoms with E-state index in [0.717, 1.165) is 49.3 Å². The summed E-state index contributed by atoms with van der Waals surface area (Å²) in [5.41, 5.74) is 2.71. The first kappa shape index (κ1) is 19.9. The highest BCUT2D eigenvalue weighted by molar-refractivity contribution is 5.91. The van der Waals surface area contributed by atoms with Gasteiger partial charge in [-0.25, -0.2) is 4.79 Å². The third kappa shape index (κ3) is 5.82. The lowest BCUT2D eigenvalue weighted by molar-refractivity contribution is -0.137. The Labute approximate surface area is 165 Å².